The van der Waals surface area contributed by atoms with E-state index in [1.807, 2.05) is 0 Å². The summed E-state index contributed by atoms with van der Waals surface area (Å²) in [5.41, 5.74) is 0.346. The standard InChI is InChI=1S/C24H20F2N4O5/c1-33-19-9-14(24(32)35-3)17(11-20(19)34-2)29-23(31)15-12-27-30-18(21(25)26)10-16(28-22(15)30)13-7-5-4-6-8-13/h4-12,21H,1-3H3,(H,29,31). The molecule has 4 aromatic rings. The topological polar surface area (TPSA) is 104 Å². The average molecular weight is 482 g/mol. The maximum absolute atomic E-state index is 13.8. The monoisotopic (exact) mass is 482 g/mol. The Labute approximate surface area is 198 Å². The van der Waals surface area contributed by atoms with Crippen molar-refractivity contribution in [1.82, 2.24) is 14.6 Å². The summed E-state index contributed by atoms with van der Waals surface area (Å²) in [5.74, 6) is -0.960. The molecule has 0 aliphatic heterocycles. The number of fused-ring (bicyclic) bond motifs is 1. The predicted molar refractivity (Wildman–Crippen MR) is 122 cm³/mol. The molecule has 0 atom stereocenters. The zero-order valence-corrected chi connectivity index (χ0v) is 18.9. The van der Waals surface area contributed by atoms with E-state index in [1.165, 1.54) is 39.5 Å². The normalized spacial score (nSPS) is 10.9. The zero-order valence-electron chi connectivity index (χ0n) is 18.9. The van der Waals surface area contributed by atoms with E-state index < -0.39 is 24.0 Å². The molecule has 0 saturated carbocycles. The first-order valence-corrected chi connectivity index (χ1v) is 10.3. The lowest BCUT2D eigenvalue weighted by Crippen LogP contribution is -2.16. The van der Waals surface area contributed by atoms with Crippen LogP contribution in [0.1, 0.15) is 32.8 Å². The molecule has 9 nitrogen and oxygen atoms in total. The van der Waals surface area contributed by atoms with Crippen molar-refractivity contribution in [2.45, 2.75) is 6.43 Å². The molecular weight excluding hydrogens is 462 g/mol. The van der Waals surface area contributed by atoms with Crippen molar-refractivity contribution < 1.29 is 32.6 Å². The lowest BCUT2D eigenvalue weighted by atomic mass is 10.1. The Balaban J connectivity index is 1.81. The largest absolute Gasteiger partial charge is 0.493 e. The number of nitrogens with zero attached hydrogens (tertiary/aromatic N) is 3. The first-order chi connectivity index (χ1) is 16.9. The number of halogens is 2. The van der Waals surface area contributed by atoms with Crippen molar-refractivity contribution in [3.8, 4) is 22.8 Å². The van der Waals surface area contributed by atoms with Crippen molar-refractivity contribution in [3.63, 3.8) is 0 Å². The van der Waals surface area contributed by atoms with Crippen molar-refractivity contribution in [2.75, 3.05) is 26.6 Å². The van der Waals surface area contributed by atoms with Crippen LogP contribution in [-0.4, -0.2) is 47.8 Å². The van der Waals surface area contributed by atoms with Crippen LogP contribution in [0.25, 0.3) is 16.9 Å². The highest BCUT2D eigenvalue weighted by Gasteiger charge is 2.24. The van der Waals surface area contributed by atoms with Gasteiger partial charge in [-0.1, -0.05) is 30.3 Å². The van der Waals surface area contributed by atoms with Crippen LogP contribution in [-0.2, 0) is 4.74 Å². The molecule has 0 spiro atoms. The SMILES string of the molecule is COC(=O)c1cc(OC)c(OC)cc1NC(=O)c1cnn2c(C(F)F)cc(-c3ccccc3)nc12. The fourth-order valence-corrected chi connectivity index (χ4v) is 3.51. The van der Waals surface area contributed by atoms with E-state index >= 15 is 0 Å². The van der Waals surface area contributed by atoms with Crippen LogP contribution in [0.5, 0.6) is 11.5 Å². The van der Waals surface area contributed by atoms with E-state index in [0.29, 0.717) is 5.56 Å². The minimum atomic E-state index is -2.87. The van der Waals surface area contributed by atoms with Gasteiger partial charge in [0.05, 0.1) is 44.5 Å². The summed E-state index contributed by atoms with van der Waals surface area (Å²) in [6.45, 7) is 0. The highest BCUT2D eigenvalue weighted by Crippen LogP contribution is 2.34. The van der Waals surface area contributed by atoms with Gasteiger partial charge in [-0.3, -0.25) is 4.79 Å². The molecule has 2 aromatic heterocycles. The second-order valence-electron chi connectivity index (χ2n) is 7.23. The van der Waals surface area contributed by atoms with Crippen LogP contribution in [0.3, 0.4) is 0 Å². The number of esters is 1. The fourth-order valence-electron chi connectivity index (χ4n) is 3.51. The molecule has 1 N–H and O–H groups in total. The number of carbonyl (C=O) groups excluding carboxylic acids is 2. The van der Waals surface area contributed by atoms with Crippen molar-refractivity contribution in [2.24, 2.45) is 0 Å². The van der Waals surface area contributed by atoms with Crippen LogP contribution in [0.2, 0.25) is 0 Å². The van der Waals surface area contributed by atoms with E-state index in [4.69, 9.17) is 14.2 Å². The van der Waals surface area contributed by atoms with Crippen molar-refractivity contribution >= 4 is 23.2 Å². The smallest absolute Gasteiger partial charge is 0.340 e. The highest BCUT2D eigenvalue weighted by molar-refractivity contribution is 6.11. The number of amides is 1. The number of hydrogen-bond acceptors (Lipinski definition) is 7. The molecule has 0 saturated heterocycles. The van der Waals surface area contributed by atoms with Gasteiger partial charge in [0.25, 0.3) is 12.3 Å². The lowest BCUT2D eigenvalue weighted by molar-refractivity contribution is 0.0601. The number of nitrogens with one attached hydrogen (secondary N) is 1. The van der Waals surface area contributed by atoms with E-state index in [-0.39, 0.29) is 39.7 Å². The van der Waals surface area contributed by atoms with Gasteiger partial charge in [-0.05, 0) is 6.07 Å². The van der Waals surface area contributed by atoms with Gasteiger partial charge in [-0.2, -0.15) is 5.10 Å². The number of aromatic nitrogens is 3. The maximum Gasteiger partial charge on any atom is 0.340 e. The maximum atomic E-state index is 13.8. The second kappa shape index (κ2) is 9.75. The molecule has 35 heavy (non-hydrogen) atoms. The first-order valence-electron chi connectivity index (χ1n) is 10.3. The summed E-state index contributed by atoms with van der Waals surface area (Å²) in [6, 6.07) is 12.7. The molecular formula is C24H20F2N4O5. The summed E-state index contributed by atoms with van der Waals surface area (Å²) in [7, 11) is 3.98. The van der Waals surface area contributed by atoms with Crippen LogP contribution in [0.4, 0.5) is 14.5 Å². The molecule has 180 valence electrons. The van der Waals surface area contributed by atoms with Gasteiger partial charge in [0, 0.05) is 17.7 Å². The minimum Gasteiger partial charge on any atom is -0.493 e. The van der Waals surface area contributed by atoms with Gasteiger partial charge in [-0.15, -0.1) is 0 Å². The number of carbonyl (C=O) groups is 2. The third kappa shape index (κ3) is 4.47. The molecule has 0 fully saturated rings. The molecule has 11 heteroatoms. The molecule has 0 aliphatic rings. The molecule has 0 aliphatic carbocycles. The Kier molecular flexibility index (Phi) is 6.58. The Morgan fingerprint density at radius 2 is 1.66 bits per heavy atom. The number of rotatable bonds is 7. The summed E-state index contributed by atoms with van der Waals surface area (Å²) in [6.07, 6.45) is -1.73. The molecule has 4 rings (SSSR count). The minimum absolute atomic E-state index is 0.00109. The third-order valence-corrected chi connectivity index (χ3v) is 5.21. The number of benzene rings is 2. The van der Waals surface area contributed by atoms with Crippen molar-refractivity contribution in [3.05, 3.63) is 71.5 Å². The summed E-state index contributed by atoms with van der Waals surface area (Å²) >= 11 is 0. The Bertz CT molecular complexity index is 1410. The quantitative estimate of drug-likeness (QED) is 0.390. The summed E-state index contributed by atoms with van der Waals surface area (Å²) in [5, 5.41) is 6.55. The van der Waals surface area contributed by atoms with Gasteiger partial charge in [0.1, 0.15) is 11.3 Å². The first kappa shape index (κ1) is 23.6. The van der Waals surface area contributed by atoms with Gasteiger partial charge < -0.3 is 19.5 Å². The average Bonchev–Trinajstić information content (AvgIpc) is 3.32. The number of anilines is 1. The van der Waals surface area contributed by atoms with E-state index in [2.05, 4.69) is 15.4 Å². The van der Waals surface area contributed by atoms with Crippen molar-refractivity contribution in [1.29, 1.82) is 0 Å². The fraction of sp³-hybridized carbons (Fsp3) is 0.167. The number of alkyl halides is 2. The molecule has 0 bridgehead atoms. The van der Waals surface area contributed by atoms with Crippen LogP contribution in [0.15, 0.2) is 54.7 Å². The van der Waals surface area contributed by atoms with Gasteiger partial charge >= 0.3 is 5.97 Å². The van der Waals surface area contributed by atoms with Crippen LogP contribution in [0, 0.1) is 0 Å². The van der Waals surface area contributed by atoms with E-state index in [9.17, 15) is 18.4 Å². The Morgan fingerprint density at radius 1 is 0.971 bits per heavy atom. The zero-order chi connectivity index (χ0) is 25.1. The van der Waals surface area contributed by atoms with Crippen LogP contribution >= 0.6 is 0 Å². The molecule has 0 radical (unpaired) electrons. The summed E-state index contributed by atoms with van der Waals surface area (Å²) in [4.78, 5) is 30.0. The van der Waals surface area contributed by atoms with E-state index in [0.717, 1.165) is 10.7 Å². The molecule has 1 amide bonds. The Hall–Kier alpha value is -4.54. The Morgan fingerprint density at radius 3 is 2.29 bits per heavy atom. The third-order valence-electron chi connectivity index (χ3n) is 5.21. The van der Waals surface area contributed by atoms with Gasteiger partial charge in [-0.25, -0.2) is 23.1 Å². The number of ether oxygens (including phenoxy) is 3. The van der Waals surface area contributed by atoms with Crippen LogP contribution < -0.4 is 14.8 Å². The van der Waals surface area contributed by atoms with Gasteiger partial charge in [0.2, 0.25) is 0 Å². The molecule has 0 unspecified atom stereocenters. The second-order valence-corrected chi connectivity index (χ2v) is 7.23. The van der Waals surface area contributed by atoms with E-state index in [1.54, 1.807) is 30.3 Å². The molecule has 2 heterocycles. The van der Waals surface area contributed by atoms with Gasteiger partial charge in [0.15, 0.2) is 17.1 Å². The predicted octanol–water partition coefficient (Wildman–Crippen LogP) is 4.39. The number of hydrogen-bond donors (Lipinski definition) is 1. The highest BCUT2D eigenvalue weighted by atomic mass is 19.3. The summed E-state index contributed by atoms with van der Waals surface area (Å²) < 4.78 is 43.8. The number of methoxy groups -OCH3 is 3. The molecule has 2 aromatic carbocycles. The lowest BCUT2D eigenvalue weighted by Gasteiger charge is -2.14.